The molecule has 0 aliphatic heterocycles. The number of hydrogen-bond donors (Lipinski definition) is 1. The van der Waals surface area contributed by atoms with Gasteiger partial charge in [-0.25, -0.2) is 0 Å². The number of allylic oxidation sites excluding steroid dienone is 2. The Morgan fingerprint density at radius 3 is 1.38 bits per heavy atom. The quantitative estimate of drug-likeness (QED) is 0.0331. The monoisotopic (exact) mass is 636 g/mol. The van der Waals surface area contributed by atoms with E-state index in [1.165, 1.54) is 51.4 Å². The van der Waals surface area contributed by atoms with E-state index in [1.54, 1.807) is 0 Å². The van der Waals surface area contributed by atoms with Crippen LogP contribution in [0.2, 0.25) is 0 Å². The average molecular weight is 637 g/mol. The summed E-state index contributed by atoms with van der Waals surface area (Å²) in [5.74, 6) is -0.590. The highest BCUT2D eigenvalue weighted by atomic mass is 16.5. The number of ether oxygens (including phenoxy) is 3. The van der Waals surface area contributed by atoms with E-state index in [1.807, 2.05) is 12.2 Å². The minimum Gasteiger partial charge on any atom is -0.462 e. The van der Waals surface area contributed by atoms with Crippen LogP contribution >= 0.6 is 0 Å². The van der Waals surface area contributed by atoms with Crippen LogP contribution in [-0.4, -0.2) is 48.9 Å². The number of aliphatic hydroxyl groups excluding tert-OH is 1. The fourth-order valence-corrected chi connectivity index (χ4v) is 5.12. The van der Waals surface area contributed by atoms with Crippen LogP contribution in [-0.2, 0) is 28.6 Å². The Hall–Kier alpha value is -2.15. The third-order valence-electron chi connectivity index (χ3n) is 7.89. The molecule has 0 bridgehead atoms. The van der Waals surface area contributed by atoms with Gasteiger partial charge in [0.1, 0.15) is 19.3 Å². The third-order valence-corrected chi connectivity index (χ3v) is 7.89. The van der Waals surface area contributed by atoms with E-state index < -0.39 is 0 Å². The zero-order valence-corrected chi connectivity index (χ0v) is 29.1. The molecule has 0 aromatic heterocycles. The lowest BCUT2D eigenvalue weighted by Gasteiger charge is -2.18. The summed E-state index contributed by atoms with van der Waals surface area (Å²) in [4.78, 5) is 35.8. The maximum atomic E-state index is 12.0. The summed E-state index contributed by atoms with van der Waals surface area (Å²) in [7, 11) is 0. The molecule has 0 heterocycles. The number of aliphatic hydroxyl groups is 1. The molecule has 7 nitrogen and oxygen atoms in total. The van der Waals surface area contributed by atoms with E-state index in [9.17, 15) is 14.4 Å². The van der Waals surface area contributed by atoms with Gasteiger partial charge in [0.2, 0.25) is 0 Å². The van der Waals surface area contributed by atoms with Crippen LogP contribution in [0.1, 0.15) is 174 Å². The maximum Gasteiger partial charge on any atom is 0.308 e. The van der Waals surface area contributed by atoms with Crippen LogP contribution < -0.4 is 0 Å². The lowest BCUT2D eigenvalue weighted by Crippen LogP contribution is -2.19. The molecule has 1 N–H and O–H groups in total. The van der Waals surface area contributed by atoms with E-state index in [2.05, 4.69) is 26.0 Å². The van der Waals surface area contributed by atoms with Gasteiger partial charge in [0.05, 0.1) is 13.0 Å². The molecule has 0 aliphatic rings. The van der Waals surface area contributed by atoms with Gasteiger partial charge in [-0.15, -0.1) is 0 Å². The Morgan fingerprint density at radius 1 is 0.511 bits per heavy atom. The molecule has 0 saturated heterocycles. The molecular formula is C38H68O7. The number of esters is 3. The van der Waals surface area contributed by atoms with E-state index in [0.717, 1.165) is 89.9 Å². The number of carbonyl (C=O) groups is 3. The van der Waals surface area contributed by atoms with Gasteiger partial charge in [0.25, 0.3) is 0 Å². The molecule has 0 aromatic carbocycles. The predicted octanol–water partition coefficient (Wildman–Crippen LogP) is 9.88. The van der Waals surface area contributed by atoms with Crippen molar-refractivity contribution in [1.82, 2.24) is 0 Å². The van der Waals surface area contributed by atoms with Gasteiger partial charge >= 0.3 is 17.9 Å². The zero-order chi connectivity index (χ0) is 33.1. The highest BCUT2D eigenvalue weighted by molar-refractivity contribution is 5.70. The molecule has 0 saturated carbocycles. The molecule has 0 aliphatic carbocycles. The van der Waals surface area contributed by atoms with Crippen molar-refractivity contribution in [2.24, 2.45) is 0 Å². The number of unbranched alkanes of at least 4 members (excludes halogenated alkanes) is 16. The topological polar surface area (TPSA) is 99.1 Å². The molecule has 0 aromatic rings. The van der Waals surface area contributed by atoms with Crippen LogP contribution in [0.3, 0.4) is 0 Å². The lowest BCUT2D eigenvalue weighted by atomic mass is 10.0. The van der Waals surface area contributed by atoms with Crippen molar-refractivity contribution in [2.45, 2.75) is 180 Å². The SMILES string of the molecule is CCCCCC/C=C/COC(=O)CCCCCCCC(CCCCCCCC(=O)OC/C=C/CCCCCC)OC(=O)CCO. The standard InChI is InChI=1S/C38H68O7/c1-3-5-7-9-11-19-25-33-43-36(40)29-23-17-13-15-21-27-35(45-38(42)31-32-39)28-22-16-14-18-24-30-37(41)44-34-26-20-12-10-8-6-4-2/h19-20,25-26,35,39H,3-18,21-24,27-34H2,1-2H3/b25-19+,26-20+. The molecule has 7 heteroatoms. The first kappa shape index (κ1) is 42.9. The fourth-order valence-electron chi connectivity index (χ4n) is 5.12. The van der Waals surface area contributed by atoms with Gasteiger partial charge in [-0.05, 0) is 64.2 Å². The van der Waals surface area contributed by atoms with Crippen molar-refractivity contribution in [1.29, 1.82) is 0 Å². The molecule has 0 amide bonds. The van der Waals surface area contributed by atoms with Gasteiger partial charge in [0.15, 0.2) is 0 Å². The van der Waals surface area contributed by atoms with Crippen molar-refractivity contribution in [3.05, 3.63) is 24.3 Å². The number of hydrogen-bond acceptors (Lipinski definition) is 7. The summed E-state index contributed by atoms with van der Waals surface area (Å²) < 4.78 is 16.2. The van der Waals surface area contributed by atoms with E-state index in [-0.39, 0.29) is 37.0 Å². The minimum atomic E-state index is -0.336. The zero-order valence-electron chi connectivity index (χ0n) is 29.1. The smallest absolute Gasteiger partial charge is 0.308 e. The van der Waals surface area contributed by atoms with Gasteiger partial charge in [0, 0.05) is 12.8 Å². The van der Waals surface area contributed by atoms with Crippen molar-refractivity contribution >= 4 is 17.9 Å². The highest BCUT2D eigenvalue weighted by Crippen LogP contribution is 2.18. The average Bonchev–Trinajstić information content (AvgIpc) is 3.02. The Labute approximate surface area is 275 Å². The van der Waals surface area contributed by atoms with Gasteiger partial charge in [-0.1, -0.05) is 115 Å². The molecule has 45 heavy (non-hydrogen) atoms. The van der Waals surface area contributed by atoms with Crippen LogP contribution in [0.4, 0.5) is 0 Å². The molecule has 0 fully saturated rings. The third kappa shape index (κ3) is 33.0. The summed E-state index contributed by atoms with van der Waals surface area (Å²) in [5.41, 5.74) is 0. The normalized spacial score (nSPS) is 11.6. The number of rotatable bonds is 33. The molecule has 0 spiro atoms. The van der Waals surface area contributed by atoms with Crippen LogP contribution in [0.15, 0.2) is 24.3 Å². The van der Waals surface area contributed by atoms with Crippen molar-refractivity contribution in [2.75, 3.05) is 19.8 Å². The van der Waals surface area contributed by atoms with E-state index in [4.69, 9.17) is 19.3 Å². The maximum absolute atomic E-state index is 12.0. The first-order valence-corrected chi connectivity index (χ1v) is 18.4. The van der Waals surface area contributed by atoms with Gasteiger partial charge < -0.3 is 19.3 Å². The van der Waals surface area contributed by atoms with E-state index in [0.29, 0.717) is 26.1 Å². The summed E-state index contributed by atoms with van der Waals surface area (Å²) in [6.45, 7) is 4.96. The summed E-state index contributed by atoms with van der Waals surface area (Å²) in [6.07, 6.45) is 32.4. The minimum absolute atomic E-state index is 0.0339. The van der Waals surface area contributed by atoms with Crippen LogP contribution in [0, 0.1) is 0 Å². The van der Waals surface area contributed by atoms with Gasteiger partial charge in [-0.2, -0.15) is 0 Å². The van der Waals surface area contributed by atoms with Crippen molar-refractivity contribution in [3.63, 3.8) is 0 Å². The highest BCUT2D eigenvalue weighted by Gasteiger charge is 2.14. The lowest BCUT2D eigenvalue weighted by molar-refractivity contribution is -0.150. The van der Waals surface area contributed by atoms with Gasteiger partial charge in [-0.3, -0.25) is 14.4 Å². The Balaban J connectivity index is 3.91. The molecular weight excluding hydrogens is 568 g/mol. The molecule has 0 atom stereocenters. The Kier molecular flexibility index (Phi) is 33.1. The fraction of sp³-hybridized carbons (Fsp3) is 0.816. The Bertz CT molecular complexity index is 694. The number of carbonyl (C=O) groups excluding carboxylic acids is 3. The van der Waals surface area contributed by atoms with Crippen LogP contribution in [0.5, 0.6) is 0 Å². The van der Waals surface area contributed by atoms with E-state index >= 15 is 0 Å². The molecule has 0 unspecified atom stereocenters. The summed E-state index contributed by atoms with van der Waals surface area (Å²) in [6, 6.07) is 0. The molecule has 0 rings (SSSR count). The predicted molar refractivity (Wildman–Crippen MR) is 184 cm³/mol. The first-order chi connectivity index (χ1) is 22.0. The van der Waals surface area contributed by atoms with Crippen molar-refractivity contribution < 1.29 is 33.7 Å². The van der Waals surface area contributed by atoms with Crippen molar-refractivity contribution in [3.8, 4) is 0 Å². The Morgan fingerprint density at radius 2 is 0.933 bits per heavy atom. The first-order valence-electron chi connectivity index (χ1n) is 18.4. The second-order valence-electron chi connectivity index (χ2n) is 12.2. The summed E-state index contributed by atoms with van der Waals surface area (Å²) in [5, 5.41) is 9.06. The van der Waals surface area contributed by atoms with Crippen LogP contribution in [0.25, 0.3) is 0 Å². The molecule has 262 valence electrons. The summed E-state index contributed by atoms with van der Waals surface area (Å²) >= 11 is 0. The second kappa shape index (κ2) is 34.7. The largest absolute Gasteiger partial charge is 0.462 e. The second-order valence-corrected chi connectivity index (χ2v) is 12.2. The molecule has 0 radical (unpaired) electrons.